The molecule has 0 amide bonds. The summed E-state index contributed by atoms with van der Waals surface area (Å²) in [7, 11) is 3.78. The summed E-state index contributed by atoms with van der Waals surface area (Å²) in [6.45, 7) is 1.89. The molecule has 1 N–H and O–H groups in total. The SMILES string of the molecule is CNC(c1cc(C)cc(F)c1)c1nccn1C. The fourth-order valence-electron chi connectivity index (χ4n) is 2.03. The molecule has 4 heteroatoms. The summed E-state index contributed by atoms with van der Waals surface area (Å²) in [6.07, 6.45) is 3.62. The molecule has 17 heavy (non-hydrogen) atoms. The van der Waals surface area contributed by atoms with Crippen molar-refractivity contribution in [2.24, 2.45) is 7.05 Å². The van der Waals surface area contributed by atoms with Gasteiger partial charge in [0, 0.05) is 19.4 Å². The number of benzene rings is 1. The van der Waals surface area contributed by atoms with E-state index in [-0.39, 0.29) is 11.9 Å². The molecule has 1 unspecified atom stereocenters. The summed E-state index contributed by atoms with van der Waals surface area (Å²) < 4.78 is 15.3. The summed E-state index contributed by atoms with van der Waals surface area (Å²) in [5.41, 5.74) is 1.80. The van der Waals surface area contributed by atoms with Gasteiger partial charge in [0.25, 0.3) is 0 Å². The van der Waals surface area contributed by atoms with Gasteiger partial charge in [0.05, 0.1) is 6.04 Å². The number of imidazole rings is 1. The van der Waals surface area contributed by atoms with Gasteiger partial charge in [-0.25, -0.2) is 9.37 Å². The molecule has 1 aromatic heterocycles. The van der Waals surface area contributed by atoms with Crippen LogP contribution in [0.15, 0.2) is 30.6 Å². The van der Waals surface area contributed by atoms with Crippen molar-refractivity contribution in [2.75, 3.05) is 7.05 Å². The van der Waals surface area contributed by atoms with Crippen molar-refractivity contribution in [1.29, 1.82) is 0 Å². The van der Waals surface area contributed by atoms with Crippen LogP contribution in [0.2, 0.25) is 0 Å². The molecule has 3 nitrogen and oxygen atoms in total. The van der Waals surface area contributed by atoms with Gasteiger partial charge in [-0.15, -0.1) is 0 Å². The predicted octanol–water partition coefficient (Wildman–Crippen LogP) is 2.18. The van der Waals surface area contributed by atoms with Gasteiger partial charge in [-0.1, -0.05) is 6.07 Å². The van der Waals surface area contributed by atoms with Gasteiger partial charge in [-0.3, -0.25) is 0 Å². The third-order valence-corrected chi connectivity index (χ3v) is 2.80. The van der Waals surface area contributed by atoms with Crippen LogP contribution in [0.3, 0.4) is 0 Å². The monoisotopic (exact) mass is 233 g/mol. The third kappa shape index (κ3) is 2.36. The molecule has 1 heterocycles. The molecule has 0 aliphatic rings. The van der Waals surface area contributed by atoms with E-state index in [0.717, 1.165) is 17.0 Å². The van der Waals surface area contributed by atoms with Crippen molar-refractivity contribution in [2.45, 2.75) is 13.0 Å². The zero-order valence-corrected chi connectivity index (χ0v) is 10.2. The Morgan fingerprint density at radius 2 is 2.12 bits per heavy atom. The molecular weight excluding hydrogens is 217 g/mol. The number of nitrogens with one attached hydrogen (secondary N) is 1. The van der Waals surface area contributed by atoms with E-state index in [1.165, 1.54) is 6.07 Å². The van der Waals surface area contributed by atoms with Gasteiger partial charge in [0.1, 0.15) is 11.6 Å². The Labute approximate surface area is 100 Å². The zero-order chi connectivity index (χ0) is 12.4. The van der Waals surface area contributed by atoms with Gasteiger partial charge in [-0.2, -0.15) is 0 Å². The molecule has 0 radical (unpaired) electrons. The van der Waals surface area contributed by atoms with Crippen LogP contribution < -0.4 is 5.32 Å². The van der Waals surface area contributed by atoms with Crippen LogP contribution in [0.25, 0.3) is 0 Å². The van der Waals surface area contributed by atoms with E-state index in [1.54, 1.807) is 12.3 Å². The molecule has 1 aromatic carbocycles. The molecule has 0 bridgehead atoms. The van der Waals surface area contributed by atoms with Gasteiger partial charge < -0.3 is 9.88 Å². The quantitative estimate of drug-likeness (QED) is 0.880. The smallest absolute Gasteiger partial charge is 0.130 e. The largest absolute Gasteiger partial charge is 0.336 e. The molecule has 2 aromatic rings. The van der Waals surface area contributed by atoms with Gasteiger partial charge >= 0.3 is 0 Å². The Bertz CT molecular complexity index is 499. The summed E-state index contributed by atoms with van der Waals surface area (Å²) in [6, 6.07) is 4.94. The maximum Gasteiger partial charge on any atom is 0.130 e. The Hall–Kier alpha value is -1.68. The van der Waals surface area contributed by atoms with E-state index in [1.807, 2.05) is 37.8 Å². The van der Waals surface area contributed by atoms with Crippen LogP contribution in [0.1, 0.15) is 23.0 Å². The van der Waals surface area contributed by atoms with E-state index in [0.29, 0.717) is 0 Å². The van der Waals surface area contributed by atoms with Crippen LogP contribution in [0, 0.1) is 12.7 Å². The van der Waals surface area contributed by atoms with Crippen molar-refractivity contribution in [3.63, 3.8) is 0 Å². The van der Waals surface area contributed by atoms with Gasteiger partial charge in [0.15, 0.2) is 0 Å². The number of aryl methyl sites for hydroxylation is 2. The number of nitrogens with zero attached hydrogens (tertiary/aromatic N) is 2. The molecule has 0 aliphatic carbocycles. The lowest BCUT2D eigenvalue weighted by Crippen LogP contribution is -2.21. The molecule has 0 fully saturated rings. The number of hydrogen-bond acceptors (Lipinski definition) is 2. The van der Waals surface area contributed by atoms with Crippen molar-refractivity contribution in [3.8, 4) is 0 Å². The molecule has 2 rings (SSSR count). The van der Waals surface area contributed by atoms with E-state index in [9.17, 15) is 4.39 Å². The fourth-order valence-corrected chi connectivity index (χ4v) is 2.03. The first-order valence-corrected chi connectivity index (χ1v) is 5.53. The highest BCUT2D eigenvalue weighted by atomic mass is 19.1. The Balaban J connectivity index is 2.45. The Morgan fingerprint density at radius 3 is 2.65 bits per heavy atom. The lowest BCUT2D eigenvalue weighted by Gasteiger charge is -2.17. The topological polar surface area (TPSA) is 29.9 Å². The summed E-state index contributed by atoms with van der Waals surface area (Å²) >= 11 is 0. The van der Waals surface area contributed by atoms with Crippen LogP contribution in [0.4, 0.5) is 4.39 Å². The van der Waals surface area contributed by atoms with E-state index < -0.39 is 0 Å². The highest BCUT2D eigenvalue weighted by Gasteiger charge is 2.17. The maximum atomic E-state index is 13.4. The highest BCUT2D eigenvalue weighted by Crippen LogP contribution is 2.21. The minimum atomic E-state index is -0.213. The van der Waals surface area contributed by atoms with Crippen LogP contribution in [-0.2, 0) is 7.05 Å². The van der Waals surface area contributed by atoms with Crippen molar-refractivity contribution in [3.05, 3.63) is 53.4 Å². The average Bonchev–Trinajstić information content (AvgIpc) is 2.65. The van der Waals surface area contributed by atoms with Crippen molar-refractivity contribution in [1.82, 2.24) is 14.9 Å². The number of aromatic nitrogens is 2. The molecule has 0 spiro atoms. The molecule has 1 atom stereocenters. The molecule has 0 saturated heterocycles. The van der Waals surface area contributed by atoms with Crippen LogP contribution in [-0.4, -0.2) is 16.6 Å². The van der Waals surface area contributed by atoms with E-state index in [2.05, 4.69) is 10.3 Å². The second-order valence-electron chi connectivity index (χ2n) is 4.18. The first-order valence-electron chi connectivity index (χ1n) is 5.53. The van der Waals surface area contributed by atoms with Gasteiger partial charge in [-0.05, 0) is 37.2 Å². The summed E-state index contributed by atoms with van der Waals surface area (Å²) in [5.74, 6) is 0.659. The number of halogens is 1. The molecule has 0 aliphatic heterocycles. The standard InChI is InChI=1S/C13H16FN3/c1-9-6-10(8-11(14)7-9)12(15-2)13-16-4-5-17(13)3/h4-8,12,15H,1-3H3. The summed E-state index contributed by atoms with van der Waals surface area (Å²) in [5, 5.41) is 3.17. The van der Waals surface area contributed by atoms with E-state index in [4.69, 9.17) is 0 Å². The molecule has 90 valence electrons. The van der Waals surface area contributed by atoms with Gasteiger partial charge in [0.2, 0.25) is 0 Å². The lowest BCUT2D eigenvalue weighted by atomic mass is 10.0. The maximum absolute atomic E-state index is 13.4. The molecule has 0 saturated carbocycles. The first kappa shape index (κ1) is 11.8. The number of rotatable bonds is 3. The average molecular weight is 233 g/mol. The predicted molar refractivity (Wildman–Crippen MR) is 65.2 cm³/mol. The lowest BCUT2D eigenvalue weighted by molar-refractivity contribution is 0.595. The molecular formula is C13H16FN3. The zero-order valence-electron chi connectivity index (χ0n) is 10.2. The number of hydrogen-bond donors (Lipinski definition) is 1. The minimum absolute atomic E-state index is 0.0931. The van der Waals surface area contributed by atoms with Crippen molar-refractivity contribution >= 4 is 0 Å². The second kappa shape index (κ2) is 4.67. The van der Waals surface area contributed by atoms with Crippen LogP contribution in [0.5, 0.6) is 0 Å². The van der Waals surface area contributed by atoms with Crippen molar-refractivity contribution < 1.29 is 4.39 Å². The second-order valence-corrected chi connectivity index (χ2v) is 4.18. The highest BCUT2D eigenvalue weighted by molar-refractivity contribution is 5.30. The van der Waals surface area contributed by atoms with Crippen LogP contribution >= 0.6 is 0 Å². The normalized spacial score (nSPS) is 12.7. The first-order chi connectivity index (χ1) is 8.11. The Morgan fingerprint density at radius 1 is 1.35 bits per heavy atom. The minimum Gasteiger partial charge on any atom is -0.336 e. The fraction of sp³-hybridized carbons (Fsp3) is 0.308. The third-order valence-electron chi connectivity index (χ3n) is 2.80. The Kier molecular flexibility index (Phi) is 3.24. The van der Waals surface area contributed by atoms with E-state index >= 15 is 0 Å². The summed E-state index contributed by atoms with van der Waals surface area (Å²) in [4.78, 5) is 4.30.